The summed E-state index contributed by atoms with van der Waals surface area (Å²) < 4.78 is 1.64. The van der Waals surface area contributed by atoms with Crippen LogP contribution in [0.25, 0.3) is 0 Å². The normalized spacial score (nSPS) is 10.1. The van der Waals surface area contributed by atoms with E-state index in [0.29, 0.717) is 12.0 Å². The van der Waals surface area contributed by atoms with Gasteiger partial charge in [-0.15, -0.1) is 0 Å². The van der Waals surface area contributed by atoms with Crippen molar-refractivity contribution >= 4 is 11.9 Å². The number of carboxylic acid groups (broad SMARTS) is 1. The second kappa shape index (κ2) is 5.29. The minimum atomic E-state index is -0.929. The van der Waals surface area contributed by atoms with Gasteiger partial charge < -0.3 is 10.4 Å². The van der Waals surface area contributed by atoms with Gasteiger partial charge in [-0.3, -0.25) is 14.3 Å². The van der Waals surface area contributed by atoms with E-state index in [1.807, 2.05) is 6.92 Å². The van der Waals surface area contributed by atoms with E-state index in [9.17, 15) is 9.59 Å². The Morgan fingerprint density at radius 2 is 2.25 bits per heavy atom. The topological polar surface area (TPSA) is 84.2 Å². The zero-order valence-corrected chi connectivity index (χ0v) is 9.36. The van der Waals surface area contributed by atoms with Crippen LogP contribution in [-0.2, 0) is 18.3 Å². The molecule has 6 nitrogen and oxygen atoms in total. The fourth-order valence-electron chi connectivity index (χ4n) is 1.45. The number of aromatic nitrogens is 2. The smallest absolute Gasteiger partial charge is 0.305 e. The van der Waals surface area contributed by atoms with Gasteiger partial charge in [0.05, 0.1) is 23.9 Å². The largest absolute Gasteiger partial charge is 0.481 e. The second-order valence-electron chi connectivity index (χ2n) is 3.38. The van der Waals surface area contributed by atoms with E-state index in [4.69, 9.17) is 5.11 Å². The standard InChI is InChI=1S/C10H15N3O3/c1-3-8-7(6-12-13(8)2)10(16)11-5-4-9(14)15/h6H,3-5H2,1-2H3,(H,11,16)(H,14,15). The van der Waals surface area contributed by atoms with E-state index in [-0.39, 0.29) is 18.9 Å². The lowest BCUT2D eigenvalue weighted by atomic mass is 10.2. The van der Waals surface area contributed by atoms with Gasteiger partial charge >= 0.3 is 5.97 Å². The Balaban J connectivity index is 2.62. The molecular formula is C10H15N3O3. The van der Waals surface area contributed by atoms with Crippen molar-refractivity contribution in [3.63, 3.8) is 0 Å². The van der Waals surface area contributed by atoms with E-state index in [1.54, 1.807) is 11.7 Å². The molecule has 0 saturated heterocycles. The highest BCUT2D eigenvalue weighted by Crippen LogP contribution is 2.07. The molecule has 0 fully saturated rings. The van der Waals surface area contributed by atoms with Crippen molar-refractivity contribution in [2.45, 2.75) is 19.8 Å². The van der Waals surface area contributed by atoms with Crippen molar-refractivity contribution in [2.24, 2.45) is 7.05 Å². The van der Waals surface area contributed by atoms with Crippen LogP contribution < -0.4 is 5.32 Å². The average molecular weight is 225 g/mol. The second-order valence-corrected chi connectivity index (χ2v) is 3.38. The van der Waals surface area contributed by atoms with E-state index in [1.165, 1.54) is 6.20 Å². The summed E-state index contributed by atoms with van der Waals surface area (Å²) in [5.74, 6) is -1.20. The third kappa shape index (κ3) is 2.82. The number of carbonyl (C=O) groups is 2. The van der Waals surface area contributed by atoms with Crippen LogP contribution in [0.2, 0.25) is 0 Å². The monoisotopic (exact) mass is 225 g/mol. The lowest BCUT2D eigenvalue weighted by Crippen LogP contribution is -2.26. The van der Waals surface area contributed by atoms with Crippen LogP contribution in [0.1, 0.15) is 29.4 Å². The Morgan fingerprint density at radius 3 is 2.81 bits per heavy atom. The molecule has 1 rings (SSSR count). The lowest BCUT2D eigenvalue weighted by molar-refractivity contribution is -0.136. The lowest BCUT2D eigenvalue weighted by Gasteiger charge is -2.04. The summed E-state index contributed by atoms with van der Waals surface area (Å²) in [6, 6.07) is 0. The number of nitrogens with zero attached hydrogens (tertiary/aromatic N) is 2. The summed E-state index contributed by atoms with van der Waals surface area (Å²) in [5.41, 5.74) is 1.35. The van der Waals surface area contributed by atoms with Gasteiger partial charge in [-0.2, -0.15) is 5.10 Å². The first kappa shape index (κ1) is 12.2. The quantitative estimate of drug-likeness (QED) is 0.749. The summed E-state index contributed by atoms with van der Waals surface area (Å²) in [5, 5.41) is 15.0. The molecule has 1 heterocycles. The Kier molecular flexibility index (Phi) is 4.04. The predicted octanol–water partition coefficient (Wildman–Crippen LogP) is 0.187. The fourth-order valence-corrected chi connectivity index (χ4v) is 1.45. The third-order valence-electron chi connectivity index (χ3n) is 2.27. The molecule has 6 heteroatoms. The molecule has 0 spiro atoms. The molecule has 0 radical (unpaired) electrons. The predicted molar refractivity (Wildman–Crippen MR) is 57.2 cm³/mol. The molecule has 2 N–H and O–H groups in total. The molecule has 1 aromatic heterocycles. The molecule has 0 saturated carbocycles. The summed E-state index contributed by atoms with van der Waals surface area (Å²) in [6.45, 7) is 2.07. The van der Waals surface area contributed by atoms with Crippen LogP contribution in [0, 0.1) is 0 Å². The van der Waals surface area contributed by atoms with Crippen molar-refractivity contribution in [3.05, 3.63) is 17.5 Å². The Labute approximate surface area is 93.3 Å². The minimum Gasteiger partial charge on any atom is -0.481 e. The molecule has 0 aromatic carbocycles. The maximum atomic E-state index is 11.7. The Hall–Kier alpha value is -1.85. The first-order valence-electron chi connectivity index (χ1n) is 5.07. The maximum Gasteiger partial charge on any atom is 0.305 e. The fraction of sp³-hybridized carbons (Fsp3) is 0.500. The molecular weight excluding hydrogens is 210 g/mol. The number of hydrogen-bond donors (Lipinski definition) is 2. The Bertz CT molecular complexity index is 398. The number of aryl methyl sites for hydroxylation is 1. The SMILES string of the molecule is CCc1c(C(=O)NCCC(=O)O)cnn1C. The number of aliphatic carboxylic acids is 1. The summed E-state index contributed by atoms with van der Waals surface area (Å²) in [7, 11) is 1.77. The van der Waals surface area contributed by atoms with Gasteiger partial charge in [0, 0.05) is 13.6 Å². The minimum absolute atomic E-state index is 0.0759. The van der Waals surface area contributed by atoms with Gasteiger partial charge in [0.1, 0.15) is 0 Å². The van der Waals surface area contributed by atoms with Crippen LogP contribution in [-0.4, -0.2) is 33.3 Å². The van der Waals surface area contributed by atoms with Gasteiger partial charge in [0.2, 0.25) is 0 Å². The van der Waals surface area contributed by atoms with Crippen molar-refractivity contribution in [1.29, 1.82) is 0 Å². The first-order valence-corrected chi connectivity index (χ1v) is 5.07. The summed E-state index contributed by atoms with van der Waals surface area (Å²) in [4.78, 5) is 21.9. The van der Waals surface area contributed by atoms with Gasteiger partial charge in [-0.1, -0.05) is 6.92 Å². The molecule has 0 aliphatic rings. The van der Waals surface area contributed by atoms with Crippen molar-refractivity contribution in [2.75, 3.05) is 6.54 Å². The maximum absolute atomic E-state index is 11.7. The van der Waals surface area contributed by atoms with E-state index in [0.717, 1.165) is 5.69 Å². The number of carboxylic acids is 1. The number of hydrogen-bond acceptors (Lipinski definition) is 3. The average Bonchev–Trinajstić information content (AvgIpc) is 2.58. The van der Waals surface area contributed by atoms with Crippen LogP contribution in [0.3, 0.4) is 0 Å². The van der Waals surface area contributed by atoms with Crippen LogP contribution >= 0.6 is 0 Å². The molecule has 1 aromatic rings. The molecule has 0 aliphatic carbocycles. The van der Waals surface area contributed by atoms with Crippen LogP contribution in [0.5, 0.6) is 0 Å². The zero-order valence-electron chi connectivity index (χ0n) is 9.36. The Morgan fingerprint density at radius 1 is 1.56 bits per heavy atom. The molecule has 1 amide bonds. The third-order valence-corrected chi connectivity index (χ3v) is 2.27. The van der Waals surface area contributed by atoms with E-state index >= 15 is 0 Å². The van der Waals surface area contributed by atoms with Crippen LogP contribution in [0.4, 0.5) is 0 Å². The molecule has 0 unspecified atom stereocenters. The van der Waals surface area contributed by atoms with Gasteiger partial charge in [-0.25, -0.2) is 0 Å². The van der Waals surface area contributed by atoms with E-state index < -0.39 is 5.97 Å². The first-order chi connectivity index (χ1) is 7.56. The highest BCUT2D eigenvalue weighted by Gasteiger charge is 2.14. The highest BCUT2D eigenvalue weighted by atomic mass is 16.4. The van der Waals surface area contributed by atoms with E-state index in [2.05, 4.69) is 10.4 Å². The number of amides is 1. The molecule has 16 heavy (non-hydrogen) atoms. The summed E-state index contributed by atoms with van der Waals surface area (Å²) in [6.07, 6.45) is 2.13. The highest BCUT2D eigenvalue weighted by molar-refractivity contribution is 5.95. The van der Waals surface area contributed by atoms with Gasteiger partial charge in [0.15, 0.2) is 0 Å². The van der Waals surface area contributed by atoms with Crippen molar-refractivity contribution in [3.8, 4) is 0 Å². The number of nitrogens with one attached hydrogen (secondary N) is 1. The molecule has 0 aliphatic heterocycles. The molecule has 0 atom stereocenters. The van der Waals surface area contributed by atoms with Crippen molar-refractivity contribution < 1.29 is 14.7 Å². The van der Waals surface area contributed by atoms with Crippen molar-refractivity contribution in [1.82, 2.24) is 15.1 Å². The zero-order chi connectivity index (χ0) is 12.1. The number of carbonyl (C=O) groups excluding carboxylic acids is 1. The van der Waals surface area contributed by atoms with Gasteiger partial charge in [-0.05, 0) is 6.42 Å². The van der Waals surface area contributed by atoms with Gasteiger partial charge in [0.25, 0.3) is 5.91 Å². The summed E-state index contributed by atoms with van der Waals surface area (Å²) >= 11 is 0. The number of rotatable bonds is 5. The van der Waals surface area contributed by atoms with Crippen LogP contribution in [0.15, 0.2) is 6.20 Å². The molecule has 0 bridgehead atoms. The molecule has 88 valence electrons.